The summed E-state index contributed by atoms with van der Waals surface area (Å²) >= 11 is 0. The summed E-state index contributed by atoms with van der Waals surface area (Å²) in [5, 5.41) is 0. The number of imidazole rings is 1. The van der Waals surface area contributed by atoms with Gasteiger partial charge in [-0.05, 0) is 25.8 Å². The standard InChI is InChI=1S/C13H20N6/c14-7-3-6-10-17-12(15)11-13(18-10)19(8-16-11)9-4-1-2-5-9/h8-9H,1-7,14H2,(H2,15,17,18). The third-order valence-corrected chi connectivity index (χ3v) is 3.82. The summed E-state index contributed by atoms with van der Waals surface area (Å²) in [6, 6.07) is 0.515. The lowest BCUT2D eigenvalue weighted by atomic mass is 10.2. The number of hydrogen-bond acceptors (Lipinski definition) is 5. The van der Waals surface area contributed by atoms with Gasteiger partial charge >= 0.3 is 0 Å². The third-order valence-electron chi connectivity index (χ3n) is 3.82. The molecule has 6 nitrogen and oxygen atoms in total. The van der Waals surface area contributed by atoms with E-state index in [4.69, 9.17) is 11.5 Å². The van der Waals surface area contributed by atoms with Gasteiger partial charge in [0.1, 0.15) is 11.3 Å². The molecule has 1 fully saturated rings. The highest BCUT2D eigenvalue weighted by Gasteiger charge is 2.20. The molecular formula is C13H20N6. The van der Waals surface area contributed by atoms with Crippen molar-refractivity contribution in [3.05, 3.63) is 12.2 Å². The monoisotopic (exact) mass is 260 g/mol. The van der Waals surface area contributed by atoms with Gasteiger partial charge in [0.05, 0.1) is 6.33 Å². The van der Waals surface area contributed by atoms with Crippen molar-refractivity contribution in [3.8, 4) is 0 Å². The summed E-state index contributed by atoms with van der Waals surface area (Å²) in [6.07, 6.45) is 8.48. The van der Waals surface area contributed by atoms with Gasteiger partial charge in [0, 0.05) is 12.5 Å². The van der Waals surface area contributed by atoms with E-state index in [1.54, 1.807) is 0 Å². The number of nitrogens with two attached hydrogens (primary N) is 2. The SMILES string of the molecule is NCCCc1nc(N)c2ncn(C3CCCC3)c2n1. The molecule has 2 aromatic heterocycles. The minimum atomic E-state index is 0.480. The highest BCUT2D eigenvalue weighted by molar-refractivity contribution is 5.81. The first-order valence-electron chi connectivity index (χ1n) is 6.98. The number of hydrogen-bond donors (Lipinski definition) is 2. The molecule has 1 aliphatic rings. The molecule has 2 heterocycles. The Hall–Kier alpha value is -1.69. The summed E-state index contributed by atoms with van der Waals surface area (Å²) in [5.41, 5.74) is 13.1. The summed E-state index contributed by atoms with van der Waals surface area (Å²) in [7, 11) is 0. The minimum absolute atomic E-state index is 0.480. The molecule has 19 heavy (non-hydrogen) atoms. The third kappa shape index (κ3) is 2.28. The van der Waals surface area contributed by atoms with Crippen LogP contribution in [0.25, 0.3) is 11.2 Å². The van der Waals surface area contributed by atoms with Gasteiger partial charge in [-0.25, -0.2) is 15.0 Å². The van der Waals surface area contributed by atoms with Crippen molar-refractivity contribution in [3.63, 3.8) is 0 Å². The Morgan fingerprint density at radius 2 is 2.05 bits per heavy atom. The van der Waals surface area contributed by atoms with E-state index in [9.17, 15) is 0 Å². The van der Waals surface area contributed by atoms with E-state index in [1.807, 2.05) is 6.33 Å². The molecule has 2 aromatic rings. The van der Waals surface area contributed by atoms with Crippen molar-refractivity contribution in [2.75, 3.05) is 12.3 Å². The van der Waals surface area contributed by atoms with E-state index in [2.05, 4.69) is 19.5 Å². The number of anilines is 1. The highest BCUT2D eigenvalue weighted by atomic mass is 15.2. The van der Waals surface area contributed by atoms with Gasteiger partial charge < -0.3 is 16.0 Å². The Labute approximate surface area is 112 Å². The minimum Gasteiger partial charge on any atom is -0.382 e. The number of rotatable bonds is 4. The van der Waals surface area contributed by atoms with Crippen LogP contribution in [0.1, 0.15) is 44.0 Å². The first-order chi connectivity index (χ1) is 9.29. The molecular weight excluding hydrogens is 240 g/mol. The van der Waals surface area contributed by atoms with Crippen LogP contribution in [0.4, 0.5) is 5.82 Å². The first-order valence-corrected chi connectivity index (χ1v) is 6.98. The van der Waals surface area contributed by atoms with Gasteiger partial charge in [-0.15, -0.1) is 0 Å². The van der Waals surface area contributed by atoms with Gasteiger partial charge in [-0.2, -0.15) is 0 Å². The van der Waals surface area contributed by atoms with E-state index in [1.165, 1.54) is 25.7 Å². The highest BCUT2D eigenvalue weighted by Crippen LogP contribution is 2.32. The molecule has 0 radical (unpaired) electrons. The molecule has 0 amide bonds. The molecule has 0 spiro atoms. The predicted molar refractivity (Wildman–Crippen MR) is 74.6 cm³/mol. The molecule has 0 bridgehead atoms. The molecule has 0 aromatic carbocycles. The van der Waals surface area contributed by atoms with Crippen LogP contribution in [0.2, 0.25) is 0 Å². The second-order valence-corrected chi connectivity index (χ2v) is 5.18. The lowest BCUT2D eigenvalue weighted by Crippen LogP contribution is -2.08. The van der Waals surface area contributed by atoms with Gasteiger partial charge in [0.15, 0.2) is 11.5 Å². The average Bonchev–Trinajstić information content (AvgIpc) is 3.04. The summed E-state index contributed by atoms with van der Waals surface area (Å²) in [4.78, 5) is 13.3. The average molecular weight is 260 g/mol. The van der Waals surface area contributed by atoms with Gasteiger partial charge in [-0.3, -0.25) is 0 Å². The zero-order valence-electron chi connectivity index (χ0n) is 11.0. The Kier molecular flexibility index (Phi) is 3.33. The molecule has 0 aliphatic heterocycles. The predicted octanol–water partition coefficient (Wildman–Crippen LogP) is 1.41. The van der Waals surface area contributed by atoms with E-state index in [0.29, 0.717) is 18.4 Å². The van der Waals surface area contributed by atoms with Crippen molar-refractivity contribution in [1.82, 2.24) is 19.5 Å². The lowest BCUT2D eigenvalue weighted by Gasteiger charge is -2.12. The summed E-state index contributed by atoms with van der Waals surface area (Å²) in [6.45, 7) is 0.642. The summed E-state index contributed by atoms with van der Waals surface area (Å²) in [5.74, 6) is 1.25. The van der Waals surface area contributed by atoms with Crippen LogP contribution in [-0.4, -0.2) is 26.1 Å². The van der Waals surface area contributed by atoms with Crippen molar-refractivity contribution < 1.29 is 0 Å². The van der Waals surface area contributed by atoms with Gasteiger partial charge in [-0.1, -0.05) is 12.8 Å². The zero-order chi connectivity index (χ0) is 13.2. The van der Waals surface area contributed by atoms with Crippen molar-refractivity contribution in [1.29, 1.82) is 0 Å². The molecule has 0 saturated heterocycles. The van der Waals surface area contributed by atoms with Crippen LogP contribution in [0.5, 0.6) is 0 Å². The lowest BCUT2D eigenvalue weighted by molar-refractivity contribution is 0.528. The second-order valence-electron chi connectivity index (χ2n) is 5.18. The van der Waals surface area contributed by atoms with E-state index < -0.39 is 0 Å². The topological polar surface area (TPSA) is 95.6 Å². The Balaban J connectivity index is 2.01. The number of fused-ring (bicyclic) bond motifs is 1. The molecule has 0 atom stereocenters. The quantitative estimate of drug-likeness (QED) is 0.866. The molecule has 3 rings (SSSR count). The van der Waals surface area contributed by atoms with Crippen LogP contribution in [0.3, 0.4) is 0 Å². The van der Waals surface area contributed by atoms with Crippen LogP contribution >= 0.6 is 0 Å². The molecule has 1 saturated carbocycles. The number of nitrogens with zero attached hydrogens (tertiary/aromatic N) is 4. The van der Waals surface area contributed by atoms with Crippen LogP contribution in [0.15, 0.2) is 6.33 Å². The molecule has 6 heteroatoms. The number of nitrogen functional groups attached to an aromatic ring is 1. The number of aryl methyl sites for hydroxylation is 1. The normalized spacial score (nSPS) is 16.5. The van der Waals surface area contributed by atoms with E-state index in [0.717, 1.165) is 29.8 Å². The first kappa shape index (κ1) is 12.3. The molecule has 0 unspecified atom stereocenters. The maximum atomic E-state index is 5.98. The van der Waals surface area contributed by atoms with Crippen LogP contribution in [-0.2, 0) is 6.42 Å². The van der Waals surface area contributed by atoms with Crippen molar-refractivity contribution in [2.45, 2.75) is 44.6 Å². The van der Waals surface area contributed by atoms with Crippen molar-refractivity contribution >= 4 is 17.0 Å². The molecule has 4 N–H and O–H groups in total. The smallest absolute Gasteiger partial charge is 0.166 e. The van der Waals surface area contributed by atoms with Crippen LogP contribution in [0, 0.1) is 0 Å². The number of aromatic nitrogens is 4. The van der Waals surface area contributed by atoms with Gasteiger partial charge in [0.25, 0.3) is 0 Å². The second kappa shape index (κ2) is 5.13. The Bertz CT molecular complexity index is 570. The van der Waals surface area contributed by atoms with E-state index in [-0.39, 0.29) is 0 Å². The fraction of sp³-hybridized carbons (Fsp3) is 0.615. The Morgan fingerprint density at radius 3 is 2.79 bits per heavy atom. The maximum absolute atomic E-state index is 5.98. The Morgan fingerprint density at radius 1 is 1.26 bits per heavy atom. The van der Waals surface area contributed by atoms with Crippen LogP contribution < -0.4 is 11.5 Å². The maximum Gasteiger partial charge on any atom is 0.166 e. The molecule has 102 valence electrons. The van der Waals surface area contributed by atoms with Crippen molar-refractivity contribution in [2.24, 2.45) is 5.73 Å². The zero-order valence-corrected chi connectivity index (χ0v) is 11.0. The fourth-order valence-electron chi connectivity index (χ4n) is 2.81. The summed E-state index contributed by atoms with van der Waals surface area (Å²) < 4.78 is 2.17. The fourth-order valence-corrected chi connectivity index (χ4v) is 2.81. The van der Waals surface area contributed by atoms with E-state index >= 15 is 0 Å². The van der Waals surface area contributed by atoms with Gasteiger partial charge in [0.2, 0.25) is 0 Å². The molecule has 1 aliphatic carbocycles. The largest absolute Gasteiger partial charge is 0.382 e.